The van der Waals surface area contributed by atoms with E-state index in [0.717, 1.165) is 0 Å². The van der Waals surface area contributed by atoms with Crippen molar-refractivity contribution in [3.8, 4) is 11.5 Å². The summed E-state index contributed by atoms with van der Waals surface area (Å²) in [6.45, 7) is 1.71. The second-order valence-electron chi connectivity index (χ2n) is 4.63. The summed E-state index contributed by atoms with van der Waals surface area (Å²) in [6.07, 6.45) is 0.221. The lowest BCUT2D eigenvalue weighted by atomic mass is 10.1. The van der Waals surface area contributed by atoms with Crippen molar-refractivity contribution in [2.24, 2.45) is 5.73 Å². The van der Waals surface area contributed by atoms with E-state index in [1.165, 1.54) is 12.1 Å². The Hall–Kier alpha value is -2.68. The van der Waals surface area contributed by atoms with Gasteiger partial charge in [0.25, 0.3) is 0 Å². The maximum absolute atomic E-state index is 12.0. The highest BCUT2D eigenvalue weighted by atomic mass is 16.3. The molecular weight excluding hydrogens is 276 g/mol. The molecule has 1 aromatic heterocycles. The van der Waals surface area contributed by atoms with Gasteiger partial charge in [-0.3, -0.25) is 4.79 Å². The Morgan fingerprint density at radius 2 is 2.19 bits per heavy atom. The molecule has 112 valence electrons. The van der Waals surface area contributed by atoms with Crippen LogP contribution in [0.1, 0.15) is 24.4 Å². The van der Waals surface area contributed by atoms with Crippen molar-refractivity contribution in [2.45, 2.75) is 25.4 Å². The Balaban J connectivity index is 1.94. The van der Waals surface area contributed by atoms with E-state index in [1.807, 2.05) is 0 Å². The van der Waals surface area contributed by atoms with Gasteiger partial charge >= 0.3 is 0 Å². The van der Waals surface area contributed by atoms with E-state index < -0.39 is 12.1 Å². The van der Waals surface area contributed by atoms with Gasteiger partial charge in [-0.15, -0.1) is 10.2 Å². The van der Waals surface area contributed by atoms with Crippen molar-refractivity contribution in [1.29, 1.82) is 0 Å². The lowest BCUT2D eigenvalue weighted by molar-refractivity contribution is -0.123. The summed E-state index contributed by atoms with van der Waals surface area (Å²) in [6, 6.07) is 3.08. The zero-order valence-corrected chi connectivity index (χ0v) is 11.3. The van der Waals surface area contributed by atoms with E-state index in [0.29, 0.717) is 11.4 Å². The van der Waals surface area contributed by atoms with Gasteiger partial charge in [0.05, 0.1) is 12.1 Å². The number of aromatic amines is 1. The van der Waals surface area contributed by atoms with Crippen LogP contribution >= 0.6 is 0 Å². The molecule has 1 unspecified atom stereocenters. The lowest BCUT2D eigenvalue weighted by Gasteiger charge is -2.15. The number of carbonyl (C=O) groups excluding carboxylic acids is 1. The molecule has 0 saturated heterocycles. The SMILES string of the molecule is CC(NC(=O)[C@@H](N)Cc1ccc(O)c(O)c1)c1nn[nH]n1. The van der Waals surface area contributed by atoms with Gasteiger partial charge in [-0.1, -0.05) is 11.3 Å². The number of tetrazole rings is 1. The molecular formula is C12H16N6O3. The van der Waals surface area contributed by atoms with Crippen LogP contribution in [0.25, 0.3) is 0 Å². The molecule has 2 aromatic rings. The van der Waals surface area contributed by atoms with Gasteiger partial charge in [0.15, 0.2) is 17.3 Å². The number of nitrogens with two attached hydrogens (primary N) is 1. The van der Waals surface area contributed by atoms with Gasteiger partial charge in [0, 0.05) is 0 Å². The van der Waals surface area contributed by atoms with Crippen LogP contribution in [0.2, 0.25) is 0 Å². The highest BCUT2D eigenvalue weighted by Crippen LogP contribution is 2.25. The molecule has 0 spiro atoms. The molecule has 0 saturated carbocycles. The minimum absolute atomic E-state index is 0.220. The minimum atomic E-state index is -0.803. The van der Waals surface area contributed by atoms with Crippen LogP contribution < -0.4 is 11.1 Å². The average molecular weight is 292 g/mol. The first-order valence-electron chi connectivity index (χ1n) is 6.27. The molecule has 2 rings (SSSR count). The van der Waals surface area contributed by atoms with E-state index in [9.17, 15) is 15.0 Å². The lowest BCUT2D eigenvalue weighted by Crippen LogP contribution is -2.43. The van der Waals surface area contributed by atoms with Crippen molar-refractivity contribution in [3.05, 3.63) is 29.6 Å². The zero-order valence-electron chi connectivity index (χ0n) is 11.3. The number of phenols is 2. The number of phenolic OH excluding ortho intramolecular Hbond substituents is 2. The summed E-state index contributed by atoms with van der Waals surface area (Å²) >= 11 is 0. The number of aromatic hydroxyl groups is 2. The number of carbonyl (C=O) groups is 1. The first kappa shape index (κ1) is 14.7. The number of nitrogens with zero attached hydrogens (tertiary/aromatic N) is 3. The van der Waals surface area contributed by atoms with E-state index in [-0.39, 0.29) is 23.8 Å². The molecule has 9 heteroatoms. The Morgan fingerprint density at radius 3 is 2.81 bits per heavy atom. The van der Waals surface area contributed by atoms with Gasteiger partial charge in [0.1, 0.15) is 0 Å². The number of amides is 1. The Labute approximate surface area is 120 Å². The van der Waals surface area contributed by atoms with Crippen LogP contribution in [0, 0.1) is 0 Å². The number of benzene rings is 1. The smallest absolute Gasteiger partial charge is 0.237 e. The molecule has 9 nitrogen and oxygen atoms in total. The van der Waals surface area contributed by atoms with Gasteiger partial charge < -0.3 is 21.3 Å². The number of hydrogen-bond donors (Lipinski definition) is 5. The third kappa shape index (κ3) is 3.66. The number of aromatic nitrogens is 4. The Bertz CT molecular complexity index is 615. The summed E-state index contributed by atoms with van der Waals surface area (Å²) in [5.74, 6) is -0.486. The normalized spacial score (nSPS) is 13.6. The van der Waals surface area contributed by atoms with E-state index >= 15 is 0 Å². The maximum atomic E-state index is 12.0. The molecule has 1 heterocycles. The number of H-pyrrole nitrogens is 1. The van der Waals surface area contributed by atoms with Crippen LogP contribution in [0.4, 0.5) is 0 Å². The number of hydrogen-bond acceptors (Lipinski definition) is 7. The van der Waals surface area contributed by atoms with Crippen LogP contribution in [-0.4, -0.2) is 42.8 Å². The van der Waals surface area contributed by atoms with Crippen LogP contribution in [0.15, 0.2) is 18.2 Å². The van der Waals surface area contributed by atoms with Crippen LogP contribution in [-0.2, 0) is 11.2 Å². The summed E-state index contributed by atoms with van der Waals surface area (Å²) in [7, 11) is 0. The molecule has 0 aliphatic rings. The van der Waals surface area contributed by atoms with Crippen molar-refractivity contribution >= 4 is 5.91 Å². The molecule has 0 fully saturated rings. The van der Waals surface area contributed by atoms with E-state index in [1.54, 1.807) is 13.0 Å². The molecule has 1 amide bonds. The highest BCUT2D eigenvalue weighted by molar-refractivity contribution is 5.82. The zero-order chi connectivity index (χ0) is 15.4. The molecule has 1 aromatic carbocycles. The molecule has 0 bridgehead atoms. The number of nitrogens with one attached hydrogen (secondary N) is 2. The fraction of sp³-hybridized carbons (Fsp3) is 0.333. The number of rotatable bonds is 5. The summed E-state index contributed by atoms with van der Waals surface area (Å²) in [5.41, 5.74) is 6.46. The predicted molar refractivity (Wildman–Crippen MR) is 72.2 cm³/mol. The highest BCUT2D eigenvalue weighted by Gasteiger charge is 2.19. The van der Waals surface area contributed by atoms with Crippen LogP contribution in [0.5, 0.6) is 11.5 Å². The molecule has 2 atom stereocenters. The topological polar surface area (TPSA) is 150 Å². The molecule has 0 aliphatic heterocycles. The van der Waals surface area contributed by atoms with Crippen molar-refractivity contribution in [3.63, 3.8) is 0 Å². The first-order valence-corrected chi connectivity index (χ1v) is 6.27. The molecule has 0 aliphatic carbocycles. The maximum Gasteiger partial charge on any atom is 0.237 e. The molecule has 6 N–H and O–H groups in total. The summed E-state index contributed by atoms with van der Waals surface area (Å²) < 4.78 is 0. The van der Waals surface area contributed by atoms with Crippen LogP contribution in [0.3, 0.4) is 0 Å². The first-order chi connectivity index (χ1) is 9.97. The summed E-state index contributed by atoms with van der Waals surface area (Å²) in [4.78, 5) is 12.0. The Kier molecular flexibility index (Phi) is 4.33. The van der Waals surface area contributed by atoms with E-state index in [4.69, 9.17) is 5.73 Å². The largest absolute Gasteiger partial charge is 0.504 e. The fourth-order valence-electron chi connectivity index (χ4n) is 1.78. The monoisotopic (exact) mass is 292 g/mol. The second kappa shape index (κ2) is 6.18. The van der Waals surface area contributed by atoms with Gasteiger partial charge in [-0.25, -0.2) is 0 Å². The van der Waals surface area contributed by atoms with Crippen molar-refractivity contribution in [1.82, 2.24) is 25.9 Å². The molecule has 0 radical (unpaired) electrons. The third-order valence-electron chi connectivity index (χ3n) is 2.94. The van der Waals surface area contributed by atoms with E-state index in [2.05, 4.69) is 25.9 Å². The van der Waals surface area contributed by atoms with Gasteiger partial charge in [-0.2, -0.15) is 5.21 Å². The summed E-state index contributed by atoms with van der Waals surface area (Å²) in [5, 5.41) is 34.6. The predicted octanol–water partition coefficient (Wildman–Crippen LogP) is -0.642. The molecule has 21 heavy (non-hydrogen) atoms. The minimum Gasteiger partial charge on any atom is -0.504 e. The van der Waals surface area contributed by atoms with Crippen molar-refractivity contribution in [2.75, 3.05) is 0 Å². The van der Waals surface area contributed by atoms with Crippen molar-refractivity contribution < 1.29 is 15.0 Å². The average Bonchev–Trinajstić information content (AvgIpc) is 2.97. The third-order valence-corrected chi connectivity index (χ3v) is 2.94. The fourth-order valence-corrected chi connectivity index (χ4v) is 1.78. The standard InChI is InChI=1S/C12H16N6O3/c1-6(11-15-17-18-16-11)14-12(21)8(13)4-7-2-3-9(19)10(20)5-7/h2-3,5-6,8,19-20H,4,13H2,1H3,(H,14,21)(H,15,16,17,18)/t6?,8-/m0/s1. The van der Waals surface area contributed by atoms with Gasteiger partial charge in [-0.05, 0) is 31.0 Å². The quantitative estimate of drug-likeness (QED) is 0.460. The second-order valence-corrected chi connectivity index (χ2v) is 4.63. The Morgan fingerprint density at radius 1 is 1.43 bits per heavy atom. The van der Waals surface area contributed by atoms with Gasteiger partial charge in [0.2, 0.25) is 5.91 Å².